The largest absolute Gasteiger partial charge is 0.454 e. The second-order valence-electron chi connectivity index (χ2n) is 5.79. The van der Waals surface area contributed by atoms with Crippen molar-refractivity contribution >= 4 is 28.1 Å². The van der Waals surface area contributed by atoms with E-state index < -0.39 is 0 Å². The molecule has 3 heterocycles. The zero-order valence-electron chi connectivity index (χ0n) is 13.7. The Bertz CT molecular complexity index is 936. The Labute approximate surface area is 152 Å². The summed E-state index contributed by atoms with van der Waals surface area (Å²) in [6.07, 6.45) is 4.58. The molecule has 1 aromatic carbocycles. The third kappa shape index (κ3) is 3.62. The van der Waals surface area contributed by atoms with Crippen molar-refractivity contribution < 1.29 is 19.1 Å². The Kier molecular flexibility index (Phi) is 4.44. The van der Waals surface area contributed by atoms with Crippen LogP contribution in [0.3, 0.4) is 0 Å². The van der Waals surface area contributed by atoms with Crippen molar-refractivity contribution in [2.24, 2.45) is 0 Å². The zero-order chi connectivity index (χ0) is 17.9. The van der Waals surface area contributed by atoms with Gasteiger partial charge in [0, 0.05) is 24.2 Å². The lowest BCUT2D eigenvalue weighted by Crippen LogP contribution is -2.42. The van der Waals surface area contributed by atoms with Crippen molar-refractivity contribution in [1.29, 1.82) is 0 Å². The predicted molar refractivity (Wildman–Crippen MR) is 93.9 cm³/mol. The summed E-state index contributed by atoms with van der Waals surface area (Å²) < 4.78 is 12.4. The molecule has 26 heavy (non-hydrogen) atoms. The molecule has 1 aliphatic heterocycles. The molecule has 2 amide bonds. The maximum Gasteiger partial charge on any atom is 0.244 e. The van der Waals surface area contributed by atoms with Gasteiger partial charge in [-0.15, -0.1) is 11.3 Å². The number of ether oxygens (including phenoxy) is 2. The van der Waals surface area contributed by atoms with Crippen LogP contribution in [0.1, 0.15) is 17.7 Å². The molecule has 0 unspecified atom stereocenters. The van der Waals surface area contributed by atoms with Crippen LogP contribution in [-0.4, -0.2) is 28.0 Å². The highest BCUT2D eigenvalue weighted by Crippen LogP contribution is 2.32. The molecule has 134 valence electrons. The second kappa shape index (κ2) is 7.04. The van der Waals surface area contributed by atoms with Gasteiger partial charge in [-0.2, -0.15) is 0 Å². The van der Waals surface area contributed by atoms with E-state index in [1.165, 1.54) is 11.3 Å². The summed E-state index contributed by atoms with van der Waals surface area (Å²) in [5, 5.41) is 1.92. The Morgan fingerprint density at radius 2 is 2.04 bits per heavy atom. The number of aromatic nitrogens is 2. The number of nitrogens with zero attached hydrogens (tertiary/aromatic N) is 2. The van der Waals surface area contributed by atoms with Gasteiger partial charge in [-0.25, -0.2) is 4.98 Å². The van der Waals surface area contributed by atoms with Crippen molar-refractivity contribution in [2.75, 3.05) is 6.79 Å². The van der Waals surface area contributed by atoms with E-state index in [-0.39, 0.29) is 31.4 Å². The van der Waals surface area contributed by atoms with Crippen LogP contribution in [0.4, 0.5) is 0 Å². The number of amides is 2. The van der Waals surface area contributed by atoms with Gasteiger partial charge in [-0.05, 0) is 24.1 Å². The molecule has 0 fully saturated rings. The first-order valence-electron chi connectivity index (χ1n) is 8.05. The number of fused-ring (bicyclic) bond motifs is 2. The summed E-state index contributed by atoms with van der Waals surface area (Å²) in [6.45, 7) is 0.222. The monoisotopic (exact) mass is 372 g/mol. The van der Waals surface area contributed by atoms with Gasteiger partial charge in [0.25, 0.3) is 0 Å². The fraction of sp³-hybridized carbons (Fsp3) is 0.235. The molecule has 0 spiro atoms. The minimum atomic E-state index is -0.313. The van der Waals surface area contributed by atoms with E-state index in [4.69, 9.17) is 9.47 Å². The highest BCUT2D eigenvalue weighted by Gasteiger charge is 2.14. The fourth-order valence-corrected chi connectivity index (χ4v) is 3.35. The summed E-state index contributed by atoms with van der Waals surface area (Å²) in [5.74, 6) is 0.829. The first-order chi connectivity index (χ1) is 12.7. The van der Waals surface area contributed by atoms with E-state index in [0.717, 1.165) is 10.5 Å². The van der Waals surface area contributed by atoms with E-state index in [0.29, 0.717) is 23.6 Å². The fourth-order valence-electron chi connectivity index (χ4n) is 2.63. The lowest BCUT2D eigenvalue weighted by molar-refractivity contribution is -0.128. The maximum absolute atomic E-state index is 11.9. The molecule has 0 saturated heterocycles. The van der Waals surface area contributed by atoms with Crippen LogP contribution in [0.2, 0.25) is 0 Å². The minimum Gasteiger partial charge on any atom is -0.454 e. The van der Waals surface area contributed by atoms with Crippen molar-refractivity contribution in [3.05, 3.63) is 47.2 Å². The number of imidazole rings is 1. The Morgan fingerprint density at radius 1 is 1.19 bits per heavy atom. The van der Waals surface area contributed by atoms with Crippen LogP contribution in [0.5, 0.6) is 11.5 Å². The molecule has 2 N–H and O–H groups in total. The maximum atomic E-state index is 11.9. The number of hydrazine groups is 1. The van der Waals surface area contributed by atoms with E-state index in [9.17, 15) is 9.59 Å². The van der Waals surface area contributed by atoms with E-state index >= 15 is 0 Å². The molecule has 8 nitrogen and oxygen atoms in total. The SMILES string of the molecule is O=C(CCc1ccc2c(c1)OCO2)NNC(=O)Cc1cn2ccsc2n1. The normalized spacial score (nSPS) is 12.3. The molecule has 0 radical (unpaired) electrons. The quantitative estimate of drug-likeness (QED) is 0.661. The average molecular weight is 372 g/mol. The topological polar surface area (TPSA) is 94.0 Å². The summed E-state index contributed by atoms with van der Waals surface area (Å²) in [4.78, 5) is 29.0. The van der Waals surface area contributed by atoms with Crippen LogP contribution in [0, 0.1) is 0 Å². The second-order valence-corrected chi connectivity index (χ2v) is 6.66. The summed E-state index contributed by atoms with van der Waals surface area (Å²) >= 11 is 1.50. The molecular weight excluding hydrogens is 356 g/mol. The van der Waals surface area contributed by atoms with Crippen LogP contribution in [0.15, 0.2) is 36.0 Å². The van der Waals surface area contributed by atoms with Gasteiger partial charge in [0.05, 0.1) is 12.1 Å². The molecule has 2 aromatic heterocycles. The molecule has 0 bridgehead atoms. The molecular formula is C17H16N4O4S. The number of hydrogen-bond acceptors (Lipinski definition) is 6. The first kappa shape index (κ1) is 16.4. The van der Waals surface area contributed by atoms with Crippen LogP contribution >= 0.6 is 11.3 Å². The highest BCUT2D eigenvalue weighted by atomic mass is 32.1. The van der Waals surface area contributed by atoms with Gasteiger partial charge in [-0.1, -0.05) is 6.07 Å². The van der Waals surface area contributed by atoms with Gasteiger partial charge >= 0.3 is 0 Å². The number of thiazole rings is 1. The number of benzene rings is 1. The predicted octanol–water partition coefficient (Wildman–Crippen LogP) is 1.45. The average Bonchev–Trinajstić information content (AvgIpc) is 3.33. The van der Waals surface area contributed by atoms with Crippen molar-refractivity contribution in [3.8, 4) is 11.5 Å². The number of rotatable bonds is 5. The number of carbonyl (C=O) groups excluding carboxylic acids is 2. The third-order valence-corrected chi connectivity index (χ3v) is 4.67. The van der Waals surface area contributed by atoms with Gasteiger partial charge in [0.1, 0.15) is 0 Å². The van der Waals surface area contributed by atoms with Crippen molar-refractivity contribution in [3.63, 3.8) is 0 Å². The summed E-state index contributed by atoms with van der Waals surface area (Å²) in [5.41, 5.74) is 6.47. The van der Waals surface area contributed by atoms with Crippen molar-refractivity contribution in [1.82, 2.24) is 20.2 Å². The van der Waals surface area contributed by atoms with E-state index in [2.05, 4.69) is 15.8 Å². The summed E-state index contributed by atoms with van der Waals surface area (Å²) in [7, 11) is 0. The highest BCUT2D eigenvalue weighted by molar-refractivity contribution is 7.15. The molecule has 0 aliphatic carbocycles. The molecule has 0 saturated carbocycles. The number of aryl methyl sites for hydroxylation is 1. The number of nitrogens with one attached hydrogen (secondary N) is 2. The van der Waals surface area contributed by atoms with E-state index in [1.54, 1.807) is 6.20 Å². The molecule has 4 rings (SSSR count). The Balaban J connectivity index is 1.22. The lowest BCUT2D eigenvalue weighted by atomic mass is 10.1. The summed E-state index contributed by atoms with van der Waals surface area (Å²) in [6, 6.07) is 5.58. The van der Waals surface area contributed by atoms with Crippen LogP contribution < -0.4 is 20.3 Å². The van der Waals surface area contributed by atoms with Crippen LogP contribution in [0.25, 0.3) is 4.96 Å². The Hall–Kier alpha value is -3.07. The van der Waals surface area contributed by atoms with Gasteiger partial charge in [0.15, 0.2) is 16.5 Å². The molecule has 3 aromatic rings. The molecule has 1 aliphatic rings. The van der Waals surface area contributed by atoms with Crippen molar-refractivity contribution in [2.45, 2.75) is 19.3 Å². The smallest absolute Gasteiger partial charge is 0.244 e. The third-order valence-electron chi connectivity index (χ3n) is 3.90. The standard InChI is InChI=1S/C17H16N4O4S/c22-15(4-2-11-1-3-13-14(7-11)25-10-24-13)19-20-16(23)8-12-9-21-5-6-26-17(21)18-12/h1,3,5-7,9H,2,4,8,10H2,(H,19,22)(H,20,23). The molecule has 0 atom stereocenters. The number of carbonyl (C=O) groups is 2. The molecule has 9 heteroatoms. The first-order valence-corrected chi connectivity index (χ1v) is 8.92. The Morgan fingerprint density at radius 3 is 2.92 bits per heavy atom. The van der Waals surface area contributed by atoms with Gasteiger partial charge in [0.2, 0.25) is 18.6 Å². The van der Waals surface area contributed by atoms with E-state index in [1.807, 2.05) is 34.2 Å². The zero-order valence-corrected chi connectivity index (χ0v) is 14.5. The van der Waals surface area contributed by atoms with Gasteiger partial charge in [-0.3, -0.25) is 24.8 Å². The lowest BCUT2D eigenvalue weighted by Gasteiger charge is -2.07. The van der Waals surface area contributed by atoms with Gasteiger partial charge < -0.3 is 9.47 Å². The van der Waals surface area contributed by atoms with Crippen LogP contribution in [-0.2, 0) is 22.4 Å². The minimum absolute atomic E-state index is 0.108. The number of hydrogen-bond donors (Lipinski definition) is 2.